The van der Waals surface area contributed by atoms with Crippen LogP contribution in [-0.4, -0.2) is 16.6 Å². The number of nitriles is 1. The first-order valence-corrected chi connectivity index (χ1v) is 7.06. The second kappa shape index (κ2) is 5.96. The van der Waals surface area contributed by atoms with E-state index in [4.69, 9.17) is 0 Å². The fourth-order valence-electron chi connectivity index (χ4n) is 3.06. The lowest BCUT2D eigenvalue weighted by molar-refractivity contribution is -0.138. The van der Waals surface area contributed by atoms with E-state index < -0.39 is 11.5 Å². The van der Waals surface area contributed by atoms with Crippen molar-refractivity contribution in [2.45, 2.75) is 51.0 Å². The summed E-state index contributed by atoms with van der Waals surface area (Å²) < 4.78 is 0. The molecule has 0 spiro atoms. The molecule has 106 valence electrons. The van der Waals surface area contributed by atoms with Gasteiger partial charge in [-0.05, 0) is 31.4 Å². The lowest BCUT2D eigenvalue weighted by Crippen LogP contribution is -2.42. The van der Waals surface area contributed by atoms with Gasteiger partial charge in [-0.25, -0.2) is 0 Å². The maximum Gasteiger partial charge on any atom is 0.305 e. The Morgan fingerprint density at radius 2 is 2.10 bits per heavy atom. The van der Waals surface area contributed by atoms with Gasteiger partial charge in [-0.15, -0.1) is 0 Å². The van der Waals surface area contributed by atoms with E-state index in [9.17, 15) is 15.2 Å². The summed E-state index contributed by atoms with van der Waals surface area (Å²) in [5, 5.41) is 21.8. The number of nitrogens with one attached hydrogen (secondary N) is 1. The molecule has 0 amide bonds. The van der Waals surface area contributed by atoms with Crippen LogP contribution in [0, 0.1) is 18.3 Å². The maximum atomic E-state index is 11.2. The molecule has 0 radical (unpaired) electrons. The summed E-state index contributed by atoms with van der Waals surface area (Å²) in [5.41, 5.74) is 1.94. The minimum atomic E-state index is -0.786. The SMILES string of the molecule is Cc1cccc(C#N)c1NC1(CC(=O)O)CCCCC1. The zero-order chi connectivity index (χ0) is 14.6. The van der Waals surface area contributed by atoms with Gasteiger partial charge in [0, 0.05) is 5.54 Å². The minimum absolute atomic E-state index is 0.103. The third-order valence-corrected chi connectivity index (χ3v) is 4.08. The molecule has 0 bridgehead atoms. The van der Waals surface area contributed by atoms with Crippen LogP contribution in [0.2, 0.25) is 0 Å². The minimum Gasteiger partial charge on any atom is -0.481 e. The second-order valence-corrected chi connectivity index (χ2v) is 5.65. The quantitative estimate of drug-likeness (QED) is 0.880. The van der Waals surface area contributed by atoms with Crippen LogP contribution in [0.3, 0.4) is 0 Å². The Kier molecular flexibility index (Phi) is 4.29. The molecule has 2 N–H and O–H groups in total. The number of anilines is 1. The van der Waals surface area contributed by atoms with Crippen LogP contribution >= 0.6 is 0 Å². The van der Waals surface area contributed by atoms with Crippen LogP contribution in [0.4, 0.5) is 5.69 Å². The second-order valence-electron chi connectivity index (χ2n) is 5.65. The monoisotopic (exact) mass is 272 g/mol. The number of carboxylic acids is 1. The number of nitrogens with zero attached hydrogens (tertiary/aromatic N) is 1. The molecule has 1 aliphatic rings. The maximum absolute atomic E-state index is 11.2. The van der Waals surface area contributed by atoms with Gasteiger partial charge in [0.1, 0.15) is 6.07 Å². The van der Waals surface area contributed by atoms with Gasteiger partial charge in [0.05, 0.1) is 17.7 Å². The Hall–Kier alpha value is -2.02. The summed E-state index contributed by atoms with van der Waals surface area (Å²) >= 11 is 0. The molecule has 0 atom stereocenters. The Bertz CT molecular complexity index is 540. The highest BCUT2D eigenvalue weighted by molar-refractivity contribution is 5.71. The van der Waals surface area contributed by atoms with Crippen LogP contribution < -0.4 is 5.32 Å². The predicted octanol–water partition coefficient (Wildman–Crippen LogP) is 3.46. The van der Waals surface area contributed by atoms with Crippen molar-refractivity contribution in [3.8, 4) is 6.07 Å². The number of aryl methyl sites for hydroxylation is 1. The lowest BCUT2D eigenvalue weighted by Gasteiger charge is -2.38. The highest BCUT2D eigenvalue weighted by atomic mass is 16.4. The van der Waals surface area contributed by atoms with E-state index in [1.807, 2.05) is 19.1 Å². The van der Waals surface area contributed by atoms with E-state index in [-0.39, 0.29) is 6.42 Å². The smallest absolute Gasteiger partial charge is 0.305 e. The Morgan fingerprint density at radius 3 is 2.70 bits per heavy atom. The molecule has 2 rings (SSSR count). The largest absolute Gasteiger partial charge is 0.481 e. The number of rotatable bonds is 4. The molecule has 20 heavy (non-hydrogen) atoms. The van der Waals surface area contributed by atoms with Crippen LogP contribution in [0.15, 0.2) is 18.2 Å². The number of aliphatic carboxylic acids is 1. The molecular formula is C16H20N2O2. The Balaban J connectivity index is 2.33. The molecule has 0 aromatic heterocycles. The van der Waals surface area contributed by atoms with Gasteiger partial charge in [-0.3, -0.25) is 4.79 Å². The van der Waals surface area contributed by atoms with Gasteiger partial charge in [0.2, 0.25) is 0 Å². The third kappa shape index (κ3) is 3.11. The summed E-state index contributed by atoms with van der Waals surface area (Å²) in [7, 11) is 0. The summed E-state index contributed by atoms with van der Waals surface area (Å²) in [6.07, 6.45) is 5.02. The number of para-hydroxylation sites is 1. The molecule has 0 saturated heterocycles. The summed E-state index contributed by atoms with van der Waals surface area (Å²) in [4.78, 5) is 11.2. The first-order valence-electron chi connectivity index (χ1n) is 7.06. The van der Waals surface area contributed by atoms with Crippen LogP contribution in [0.5, 0.6) is 0 Å². The van der Waals surface area contributed by atoms with E-state index in [0.717, 1.165) is 43.4 Å². The zero-order valence-electron chi connectivity index (χ0n) is 11.8. The molecule has 1 aliphatic carbocycles. The first kappa shape index (κ1) is 14.4. The number of hydrogen-bond acceptors (Lipinski definition) is 3. The van der Waals surface area contributed by atoms with E-state index in [2.05, 4.69) is 11.4 Å². The van der Waals surface area contributed by atoms with Crippen molar-refractivity contribution in [2.75, 3.05) is 5.32 Å². The normalized spacial score (nSPS) is 17.2. The van der Waals surface area contributed by atoms with Gasteiger partial charge in [0.15, 0.2) is 0 Å². The molecule has 1 saturated carbocycles. The molecule has 0 unspecified atom stereocenters. The molecule has 1 fully saturated rings. The van der Waals surface area contributed by atoms with Gasteiger partial charge in [-0.2, -0.15) is 5.26 Å². The molecule has 1 aromatic carbocycles. The van der Waals surface area contributed by atoms with Crippen molar-refractivity contribution in [3.63, 3.8) is 0 Å². The molecular weight excluding hydrogens is 252 g/mol. The summed E-state index contributed by atoms with van der Waals surface area (Å²) in [5.74, 6) is -0.786. The van der Waals surface area contributed by atoms with Gasteiger partial charge in [-0.1, -0.05) is 31.4 Å². The highest BCUT2D eigenvalue weighted by Crippen LogP contribution is 2.36. The van der Waals surface area contributed by atoms with Crippen LogP contribution in [-0.2, 0) is 4.79 Å². The van der Waals surface area contributed by atoms with E-state index >= 15 is 0 Å². The van der Waals surface area contributed by atoms with Crippen molar-refractivity contribution in [3.05, 3.63) is 29.3 Å². The van der Waals surface area contributed by atoms with E-state index in [0.29, 0.717) is 5.56 Å². The molecule has 0 heterocycles. The Morgan fingerprint density at radius 1 is 1.40 bits per heavy atom. The first-order chi connectivity index (χ1) is 9.56. The number of carbonyl (C=O) groups is 1. The predicted molar refractivity (Wildman–Crippen MR) is 77.6 cm³/mol. The van der Waals surface area contributed by atoms with Crippen molar-refractivity contribution >= 4 is 11.7 Å². The van der Waals surface area contributed by atoms with Crippen molar-refractivity contribution < 1.29 is 9.90 Å². The molecule has 4 nitrogen and oxygen atoms in total. The van der Waals surface area contributed by atoms with Crippen molar-refractivity contribution in [1.82, 2.24) is 0 Å². The van der Waals surface area contributed by atoms with Crippen molar-refractivity contribution in [2.24, 2.45) is 0 Å². The fraction of sp³-hybridized carbons (Fsp3) is 0.500. The average molecular weight is 272 g/mol. The Labute approximate surface area is 119 Å². The number of hydrogen-bond donors (Lipinski definition) is 2. The standard InChI is InChI=1S/C16H20N2O2/c1-12-6-5-7-13(11-17)15(12)18-16(10-14(19)20)8-3-2-4-9-16/h5-7,18H,2-4,8-10H2,1H3,(H,19,20). The topological polar surface area (TPSA) is 73.1 Å². The van der Waals surface area contributed by atoms with E-state index in [1.54, 1.807) is 6.07 Å². The molecule has 4 heteroatoms. The highest BCUT2D eigenvalue weighted by Gasteiger charge is 2.35. The van der Waals surface area contributed by atoms with Gasteiger partial charge >= 0.3 is 5.97 Å². The summed E-state index contributed by atoms with van der Waals surface area (Å²) in [6.45, 7) is 1.94. The number of benzene rings is 1. The molecule has 1 aromatic rings. The lowest BCUT2D eigenvalue weighted by atomic mass is 9.78. The zero-order valence-corrected chi connectivity index (χ0v) is 11.8. The summed E-state index contributed by atoms with van der Waals surface area (Å²) in [6, 6.07) is 7.75. The average Bonchev–Trinajstić information content (AvgIpc) is 2.41. The van der Waals surface area contributed by atoms with Gasteiger partial charge in [0.25, 0.3) is 0 Å². The van der Waals surface area contributed by atoms with Crippen LogP contribution in [0.1, 0.15) is 49.7 Å². The fourth-order valence-corrected chi connectivity index (χ4v) is 3.06. The number of carboxylic acid groups (broad SMARTS) is 1. The van der Waals surface area contributed by atoms with Crippen LogP contribution in [0.25, 0.3) is 0 Å². The van der Waals surface area contributed by atoms with Crippen molar-refractivity contribution in [1.29, 1.82) is 5.26 Å². The van der Waals surface area contributed by atoms with Gasteiger partial charge < -0.3 is 10.4 Å². The van der Waals surface area contributed by atoms with E-state index in [1.165, 1.54) is 0 Å². The third-order valence-electron chi connectivity index (χ3n) is 4.08. The molecule has 0 aliphatic heterocycles.